The summed E-state index contributed by atoms with van der Waals surface area (Å²) in [5, 5.41) is 2.15. The Bertz CT molecular complexity index is 688. The molecule has 0 aliphatic heterocycles. The van der Waals surface area contributed by atoms with Gasteiger partial charge in [0.2, 0.25) is 0 Å². The normalized spacial score (nSPS) is 10.4. The van der Waals surface area contributed by atoms with E-state index in [9.17, 15) is 18.0 Å². The first-order valence-corrected chi connectivity index (χ1v) is 6.08. The second kappa shape index (κ2) is 5.58. The van der Waals surface area contributed by atoms with Crippen LogP contribution >= 0.6 is 12.6 Å². The van der Waals surface area contributed by atoms with Crippen LogP contribution in [0.3, 0.4) is 0 Å². The Kier molecular flexibility index (Phi) is 4.04. The summed E-state index contributed by atoms with van der Waals surface area (Å²) < 4.78 is 39.6. The smallest absolute Gasteiger partial charge is 0.256 e. The van der Waals surface area contributed by atoms with E-state index in [0.717, 1.165) is 6.07 Å². The highest BCUT2D eigenvalue weighted by Crippen LogP contribution is 2.21. The molecule has 0 spiro atoms. The molecule has 2 aromatic carbocycles. The topological polar surface area (TPSA) is 29.1 Å². The van der Waals surface area contributed by atoms with E-state index in [-0.39, 0.29) is 5.56 Å². The molecule has 1 N–H and O–H groups in total. The van der Waals surface area contributed by atoms with Crippen molar-refractivity contribution in [2.45, 2.75) is 11.8 Å². The highest BCUT2D eigenvalue weighted by molar-refractivity contribution is 7.80. The number of nitrogens with one attached hydrogen (secondary N) is 1. The second-order valence-electron chi connectivity index (χ2n) is 4.20. The van der Waals surface area contributed by atoms with Gasteiger partial charge < -0.3 is 5.32 Å². The van der Waals surface area contributed by atoms with Crippen LogP contribution in [0.15, 0.2) is 35.2 Å². The summed E-state index contributed by atoms with van der Waals surface area (Å²) in [5.74, 6) is -4.31. The van der Waals surface area contributed by atoms with Crippen molar-refractivity contribution in [3.63, 3.8) is 0 Å². The van der Waals surface area contributed by atoms with E-state index < -0.39 is 29.0 Å². The van der Waals surface area contributed by atoms with Crippen LogP contribution in [-0.4, -0.2) is 5.91 Å². The summed E-state index contributed by atoms with van der Waals surface area (Å²) in [5.41, 5.74) is 0.343. The third-order valence-corrected chi connectivity index (χ3v) is 2.99. The molecule has 2 nitrogen and oxygen atoms in total. The molecule has 0 aliphatic carbocycles. The van der Waals surface area contributed by atoms with Crippen LogP contribution in [0.1, 0.15) is 15.9 Å². The Morgan fingerprint density at radius 3 is 2.55 bits per heavy atom. The Hall–Kier alpha value is -1.95. The van der Waals surface area contributed by atoms with Crippen molar-refractivity contribution in [1.82, 2.24) is 0 Å². The van der Waals surface area contributed by atoms with Gasteiger partial charge in [-0.2, -0.15) is 0 Å². The molecular weight excluding hydrogens is 287 g/mol. The van der Waals surface area contributed by atoms with Gasteiger partial charge in [0.1, 0.15) is 5.82 Å². The lowest BCUT2D eigenvalue weighted by Gasteiger charge is -2.09. The molecule has 1 amide bonds. The lowest BCUT2D eigenvalue weighted by atomic mass is 10.1. The number of benzene rings is 2. The third kappa shape index (κ3) is 2.96. The van der Waals surface area contributed by atoms with E-state index in [1.165, 1.54) is 6.07 Å². The van der Waals surface area contributed by atoms with Gasteiger partial charge in [-0.1, -0.05) is 6.07 Å². The number of anilines is 1. The zero-order chi connectivity index (χ0) is 14.9. The maximum atomic E-state index is 13.5. The molecule has 2 rings (SSSR count). The van der Waals surface area contributed by atoms with Crippen LogP contribution in [0.4, 0.5) is 18.9 Å². The number of amides is 1. The van der Waals surface area contributed by atoms with Gasteiger partial charge in [0.25, 0.3) is 5.91 Å². The molecular formula is C14H10F3NOS. The van der Waals surface area contributed by atoms with E-state index in [0.29, 0.717) is 16.5 Å². The van der Waals surface area contributed by atoms with Crippen molar-refractivity contribution in [3.05, 3.63) is 58.9 Å². The molecule has 0 aliphatic rings. The molecule has 0 unspecified atom stereocenters. The minimum atomic E-state index is -1.36. The average molecular weight is 297 g/mol. The van der Waals surface area contributed by atoms with Crippen molar-refractivity contribution in [1.29, 1.82) is 0 Å². The zero-order valence-electron chi connectivity index (χ0n) is 10.4. The summed E-state index contributed by atoms with van der Waals surface area (Å²) in [4.78, 5) is 12.6. The summed E-state index contributed by atoms with van der Waals surface area (Å²) in [7, 11) is 0. The Morgan fingerprint density at radius 1 is 1.15 bits per heavy atom. The maximum Gasteiger partial charge on any atom is 0.256 e. The Labute approximate surface area is 119 Å². The first-order valence-electron chi connectivity index (χ1n) is 5.64. The summed E-state index contributed by atoms with van der Waals surface area (Å²) in [6, 6.07) is 5.97. The first kappa shape index (κ1) is 14.5. The molecule has 0 aromatic heterocycles. The van der Waals surface area contributed by atoms with E-state index in [4.69, 9.17) is 0 Å². The summed E-state index contributed by atoms with van der Waals surface area (Å²) in [6.45, 7) is 1.69. The average Bonchev–Trinajstić information content (AvgIpc) is 2.38. The minimum Gasteiger partial charge on any atom is -0.319 e. The standard InChI is InChI=1S/C14H10F3NOS/c1-7-2-3-9(20)6-10(7)14(19)18-12-5-8(15)4-11(16)13(12)17/h2-6,20H,1H3,(H,18,19). The summed E-state index contributed by atoms with van der Waals surface area (Å²) >= 11 is 4.10. The molecule has 0 heterocycles. The van der Waals surface area contributed by atoms with Gasteiger partial charge in [0.05, 0.1) is 5.69 Å². The number of thiol groups is 1. The highest BCUT2D eigenvalue weighted by Gasteiger charge is 2.15. The molecule has 0 radical (unpaired) electrons. The van der Waals surface area contributed by atoms with E-state index >= 15 is 0 Å². The number of carbonyl (C=O) groups excluding carboxylic acids is 1. The number of aryl methyl sites for hydroxylation is 1. The van der Waals surface area contributed by atoms with Crippen LogP contribution in [0, 0.1) is 24.4 Å². The van der Waals surface area contributed by atoms with Crippen LogP contribution in [-0.2, 0) is 0 Å². The molecule has 2 aromatic rings. The van der Waals surface area contributed by atoms with Gasteiger partial charge >= 0.3 is 0 Å². The summed E-state index contributed by atoms with van der Waals surface area (Å²) in [6.07, 6.45) is 0. The Morgan fingerprint density at radius 2 is 1.85 bits per heavy atom. The molecule has 0 atom stereocenters. The van der Waals surface area contributed by atoms with Gasteiger partial charge in [0.15, 0.2) is 11.6 Å². The number of hydrogen-bond acceptors (Lipinski definition) is 2. The molecule has 0 bridgehead atoms. The number of rotatable bonds is 2. The second-order valence-corrected chi connectivity index (χ2v) is 4.72. The number of hydrogen-bond donors (Lipinski definition) is 2. The van der Waals surface area contributed by atoms with Gasteiger partial charge in [-0.3, -0.25) is 4.79 Å². The Balaban J connectivity index is 2.35. The van der Waals surface area contributed by atoms with Crippen molar-refractivity contribution >= 4 is 24.2 Å². The van der Waals surface area contributed by atoms with Gasteiger partial charge in [-0.15, -0.1) is 12.6 Å². The fourth-order valence-corrected chi connectivity index (χ4v) is 1.89. The van der Waals surface area contributed by atoms with Crippen molar-refractivity contribution < 1.29 is 18.0 Å². The van der Waals surface area contributed by atoms with Gasteiger partial charge in [0, 0.05) is 22.6 Å². The SMILES string of the molecule is Cc1ccc(S)cc1C(=O)Nc1cc(F)cc(F)c1F. The highest BCUT2D eigenvalue weighted by atomic mass is 32.1. The molecule has 104 valence electrons. The fraction of sp³-hybridized carbons (Fsp3) is 0.0714. The molecule has 20 heavy (non-hydrogen) atoms. The molecule has 0 saturated heterocycles. The van der Waals surface area contributed by atoms with Gasteiger partial charge in [-0.05, 0) is 24.6 Å². The van der Waals surface area contributed by atoms with Crippen LogP contribution in [0.2, 0.25) is 0 Å². The first-order chi connectivity index (χ1) is 9.38. The third-order valence-electron chi connectivity index (χ3n) is 2.71. The number of halogens is 3. The predicted octanol–water partition coefficient (Wildman–Crippen LogP) is 3.95. The molecule has 6 heteroatoms. The van der Waals surface area contributed by atoms with Crippen molar-refractivity contribution in [2.75, 3.05) is 5.32 Å². The molecule has 0 saturated carbocycles. The van der Waals surface area contributed by atoms with Gasteiger partial charge in [-0.25, -0.2) is 13.2 Å². The lowest BCUT2D eigenvalue weighted by Crippen LogP contribution is -2.15. The number of carbonyl (C=O) groups is 1. The van der Waals surface area contributed by atoms with E-state index in [1.54, 1.807) is 19.1 Å². The van der Waals surface area contributed by atoms with Crippen LogP contribution < -0.4 is 5.32 Å². The molecule has 0 fully saturated rings. The minimum absolute atomic E-state index is 0.251. The van der Waals surface area contributed by atoms with Crippen LogP contribution in [0.25, 0.3) is 0 Å². The predicted molar refractivity (Wildman–Crippen MR) is 72.7 cm³/mol. The largest absolute Gasteiger partial charge is 0.319 e. The van der Waals surface area contributed by atoms with Crippen molar-refractivity contribution in [3.8, 4) is 0 Å². The quantitative estimate of drug-likeness (QED) is 0.638. The zero-order valence-corrected chi connectivity index (χ0v) is 11.3. The fourth-order valence-electron chi connectivity index (χ4n) is 1.69. The van der Waals surface area contributed by atoms with E-state index in [2.05, 4.69) is 17.9 Å². The van der Waals surface area contributed by atoms with E-state index in [1.807, 2.05) is 0 Å². The van der Waals surface area contributed by atoms with Crippen molar-refractivity contribution in [2.24, 2.45) is 0 Å². The van der Waals surface area contributed by atoms with Crippen LogP contribution in [0.5, 0.6) is 0 Å². The lowest BCUT2D eigenvalue weighted by molar-refractivity contribution is 0.102. The maximum absolute atomic E-state index is 13.5. The monoisotopic (exact) mass is 297 g/mol.